The highest BCUT2D eigenvalue weighted by Gasteiger charge is 2.31. The Balaban J connectivity index is 0.00000140. The van der Waals surface area contributed by atoms with Gasteiger partial charge in [0.15, 0.2) is 0 Å². The number of ether oxygens (including phenoxy) is 1. The van der Waals surface area contributed by atoms with E-state index in [9.17, 15) is 4.79 Å². The first-order valence-corrected chi connectivity index (χ1v) is 9.83. The molecule has 0 aromatic carbocycles. The van der Waals surface area contributed by atoms with Crippen LogP contribution in [0, 0.1) is 0 Å². The van der Waals surface area contributed by atoms with Crippen LogP contribution < -0.4 is 5.32 Å². The van der Waals surface area contributed by atoms with Crippen molar-refractivity contribution in [1.29, 1.82) is 0 Å². The third-order valence-electron chi connectivity index (χ3n) is 4.92. The summed E-state index contributed by atoms with van der Waals surface area (Å²) in [5, 5.41) is 9.29. The summed E-state index contributed by atoms with van der Waals surface area (Å²) in [4.78, 5) is 22.2. The molecule has 2 atom stereocenters. The topological polar surface area (TPSA) is 83.7 Å². The van der Waals surface area contributed by atoms with Crippen molar-refractivity contribution in [2.45, 2.75) is 19.1 Å². The first kappa shape index (κ1) is 23.1. The van der Waals surface area contributed by atoms with E-state index in [1.54, 1.807) is 11.3 Å². The molecule has 1 amide bonds. The molecule has 4 heterocycles. The smallest absolute Gasteiger partial charge is 0.253 e. The fraction of sp³-hybridized carbons (Fsp3) is 0.588. The molecule has 1 N–H and O–H groups in total. The van der Waals surface area contributed by atoms with Crippen molar-refractivity contribution < 1.29 is 14.1 Å². The Bertz CT molecular complexity index is 731. The van der Waals surface area contributed by atoms with E-state index in [-0.39, 0.29) is 42.9 Å². The van der Waals surface area contributed by atoms with Gasteiger partial charge in [0.25, 0.3) is 5.91 Å². The number of nitrogens with one attached hydrogen (secondary N) is 1. The molecular weight excluding hydrogens is 425 g/mol. The van der Waals surface area contributed by atoms with E-state index in [4.69, 9.17) is 9.26 Å². The van der Waals surface area contributed by atoms with Gasteiger partial charge in [0.2, 0.25) is 11.7 Å². The van der Waals surface area contributed by atoms with Crippen molar-refractivity contribution in [3.8, 4) is 10.7 Å². The van der Waals surface area contributed by atoms with Gasteiger partial charge in [-0.05, 0) is 18.4 Å². The molecule has 28 heavy (non-hydrogen) atoms. The zero-order valence-electron chi connectivity index (χ0n) is 15.6. The molecule has 0 saturated carbocycles. The molecule has 11 heteroatoms. The first-order chi connectivity index (χ1) is 12.7. The SMILES string of the molecule is CC(c1nc(-c2cccs2)no1)N1CCN(C(=O)C2CNCCO2)CC1.Cl.Cl. The van der Waals surface area contributed by atoms with E-state index in [0.29, 0.717) is 38.0 Å². The van der Waals surface area contributed by atoms with Gasteiger partial charge in [-0.25, -0.2) is 0 Å². The Kier molecular flexibility index (Phi) is 8.66. The molecule has 8 nitrogen and oxygen atoms in total. The van der Waals surface area contributed by atoms with Crippen molar-refractivity contribution in [3.63, 3.8) is 0 Å². The number of rotatable bonds is 4. The number of carbonyl (C=O) groups excluding carboxylic acids is 1. The van der Waals surface area contributed by atoms with Gasteiger partial charge in [-0.2, -0.15) is 4.98 Å². The van der Waals surface area contributed by atoms with Crippen LogP contribution in [0.1, 0.15) is 18.9 Å². The second-order valence-electron chi connectivity index (χ2n) is 6.53. The molecule has 0 spiro atoms. The third kappa shape index (κ3) is 5.03. The molecule has 2 saturated heterocycles. The molecule has 2 aliphatic rings. The molecule has 156 valence electrons. The minimum absolute atomic E-state index is 0. The second-order valence-corrected chi connectivity index (χ2v) is 7.48. The van der Waals surface area contributed by atoms with Crippen LogP contribution >= 0.6 is 36.2 Å². The molecule has 0 aliphatic carbocycles. The fourth-order valence-corrected chi connectivity index (χ4v) is 3.97. The summed E-state index contributed by atoms with van der Waals surface area (Å²) >= 11 is 1.59. The zero-order chi connectivity index (χ0) is 17.9. The number of amides is 1. The first-order valence-electron chi connectivity index (χ1n) is 8.95. The van der Waals surface area contributed by atoms with Gasteiger partial charge in [-0.3, -0.25) is 9.69 Å². The number of piperazine rings is 1. The Morgan fingerprint density at radius 2 is 2.11 bits per heavy atom. The lowest BCUT2D eigenvalue weighted by Gasteiger charge is -2.38. The Morgan fingerprint density at radius 1 is 1.32 bits per heavy atom. The number of hydrogen-bond acceptors (Lipinski definition) is 8. The molecule has 4 rings (SSSR count). The highest BCUT2D eigenvalue weighted by Crippen LogP contribution is 2.26. The highest BCUT2D eigenvalue weighted by atomic mass is 35.5. The summed E-state index contributed by atoms with van der Waals surface area (Å²) in [6.45, 7) is 7.02. The summed E-state index contributed by atoms with van der Waals surface area (Å²) in [6, 6.07) is 3.98. The average molecular weight is 450 g/mol. The van der Waals surface area contributed by atoms with Gasteiger partial charge in [0, 0.05) is 39.3 Å². The van der Waals surface area contributed by atoms with Crippen LogP contribution in [0.5, 0.6) is 0 Å². The predicted octanol–water partition coefficient (Wildman–Crippen LogP) is 1.84. The van der Waals surface area contributed by atoms with Crippen LogP contribution in [0.4, 0.5) is 0 Å². The van der Waals surface area contributed by atoms with Crippen molar-refractivity contribution >= 4 is 42.1 Å². The Morgan fingerprint density at radius 3 is 2.75 bits per heavy atom. The molecule has 0 radical (unpaired) electrons. The maximum atomic E-state index is 12.5. The monoisotopic (exact) mass is 449 g/mol. The lowest BCUT2D eigenvalue weighted by molar-refractivity contribution is -0.147. The lowest BCUT2D eigenvalue weighted by atomic mass is 10.2. The van der Waals surface area contributed by atoms with Crippen molar-refractivity contribution in [2.75, 3.05) is 45.9 Å². The summed E-state index contributed by atoms with van der Waals surface area (Å²) < 4.78 is 11.0. The number of aromatic nitrogens is 2. The largest absolute Gasteiger partial charge is 0.366 e. The van der Waals surface area contributed by atoms with Crippen LogP contribution in [-0.4, -0.2) is 77.8 Å². The van der Waals surface area contributed by atoms with Gasteiger partial charge >= 0.3 is 0 Å². The van der Waals surface area contributed by atoms with E-state index >= 15 is 0 Å². The average Bonchev–Trinajstić information content (AvgIpc) is 3.39. The standard InChI is InChI=1S/C17H23N5O3S.2ClH/c1-12(16-19-15(20-25-16)14-3-2-10-26-14)21-5-7-22(8-6-21)17(23)13-11-18-4-9-24-13;;/h2-3,10,12-13,18H,4-9,11H2,1H3;2*1H. The summed E-state index contributed by atoms with van der Waals surface area (Å²) in [5.41, 5.74) is 0. The van der Waals surface area contributed by atoms with E-state index in [1.807, 2.05) is 22.4 Å². The van der Waals surface area contributed by atoms with Crippen LogP contribution in [0.25, 0.3) is 10.7 Å². The van der Waals surface area contributed by atoms with Gasteiger partial charge in [0.1, 0.15) is 6.10 Å². The van der Waals surface area contributed by atoms with Crippen LogP contribution in [-0.2, 0) is 9.53 Å². The van der Waals surface area contributed by atoms with Crippen LogP contribution in [0.3, 0.4) is 0 Å². The minimum atomic E-state index is -0.350. The van der Waals surface area contributed by atoms with Gasteiger partial charge < -0.3 is 19.5 Å². The number of carbonyl (C=O) groups is 1. The van der Waals surface area contributed by atoms with E-state index in [0.717, 1.165) is 24.5 Å². The Labute approximate surface area is 180 Å². The highest BCUT2D eigenvalue weighted by molar-refractivity contribution is 7.13. The van der Waals surface area contributed by atoms with Crippen LogP contribution in [0.15, 0.2) is 22.0 Å². The van der Waals surface area contributed by atoms with E-state index in [1.165, 1.54) is 0 Å². The number of thiophene rings is 1. The molecule has 2 aromatic heterocycles. The maximum Gasteiger partial charge on any atom is 0.253 e. The van der Waals surface area contributed by atoms with E-state index in [2.05, 4.69) is 27.3 Å². The molecule has 2 aliphatic heterocycles. The lowest BCUT2D eigenvalue weighted by Crippen LogP contribution is -2.55. The molecule has 2 unspecified atom stereocenters. The number of nitrogens with zero attached hydrogens (tertiary/aromatic N) is 4. The van der Waals surface area contributed by atoms with Crippen molar-refractivity contribution in [3.05, 3.63) is 23.4 Å². The minimum Gasteiger partial charge on any atom is -0.366 e. The quantitative estimate of drug-likeness (QED) is 0.761. The summed E-state index contributed by atoms with van der Waals surface area (Å²) in [5.74, 6) is 1.34. The fourth-order valence-electron chi connectivity index (χ4n) is 3.32. The zero-order valence-corrected chi connectivity index (χ0v) is 18.0. The molecular formula is C17H25Cl2N5O3S. The second kappa shape index (κ2) is 10.5. The molecule has 2 aromatic rings. The van der Waals surface area contributed by atoms with Crippen molar-refractivity contribution in [1.82, 2.24) is 25.3 Å². The Hall–Kier alpha value is -1.23. The normalized spacial score (nSPS) is 21.5. The van der Waals surface area contributed by atoms with E-state index < -0.39 is 0 Å². The van der Waals surface area contributed by atoms with Gasteiger partial charge in [-0.1, -0.05) is 11.2 Å². The number of morpholine rings is 1. The maximum absolute atomic E-state index is 12.5. The van der Waals surface area contributed by atoms with Crippen LogP contribution in [0.2, 0.25) is 0 Å². The summed E-state index contributed by atoms with van der Waals surface area (Å²) in [7, 11) is 0. The number of halogens is 2. The van der Waals surface area contributed by atoms with Crippen molar-refractivity contribution in [2.24, 2.45) is 0 Å². The van der Waals surface area contributed by atoms with Gasteiger partial charge in [-0.15, -0.1) is 36.2 Å². The third-order valence-corrected chi connectivity index (χ3v) is 5.78. The van der Waals surface area contributed by atoms with Gasteiger partial charge in [0.05, 0.1) is 17.5 Å². The molecule has 0 bridgehead atoms. The summed E-state index contributed by atoms with van der Waals surface area (Å²) in [6.07, 6.45) is -0.350. The molecule has 2 fully saturated rings. The number of hydrogen-bond donors (Lipinski definition) is 1. The predicted molar refractivity (Wildman–Crippen MR) is 111 cm³/mol.